The molecule has 1 aromatic heterocycles. The van der Waals surface area contributed by atoms with E-state index in [1.165, 1.54) is 6.07 Å². The summed E-state index contributed by atoms with van der Waals surface area (Å²) in [5.74, 6) is -1.33. The molecule has 3 rings (SSSR count). The van der Waals surface area contributed by atoms with Crippen LogP contribution in [0.2, 0.25) is 0 Å². The SMILES string of the molecule is Cc1cc(C)c(Cc2c(C)on(C(=O)N(c3ccc(F)cc3F)C(C)C)c2=O)c(C)c1. The van der Waals surface area contributed by atoms with Crippen LogP contribution in [0.5, 0.6) is 0 Å². The van der Waals surface area contributed by atoms with Crippen LogP contribution in [0.4, 0.5) is 19.3 Å². The van der Waals surface area contributed by atoms with Gasteiger partial charge in [0.15, 0.2) is 0 Å². The molecular weight excluding hydrogens is 402 g/mol. The van der Waals surface area contributed by atoms with Gasteiger partial charge < -0.3 is 4.52 Å². The lowest BCUT2D eigenvalue weighted by Gasteiger charge is -2.26. The summed E-state index contributed by atoms with van der Waals surface area (Å²) in [6, 6.07) is 5.67. The Labute approximate surface area is 179 Å². The molecule has 1 heterocycles. The predicted octanol–water partition coefficient (Wildman–Crippen LogP) is 5.43. The van der Waals surface area contributed by atoms with E-state index in [0.717, 1.165) is 33.2 Å². The van der Waals surface area contributed by atoms with E-state index in [9.17, 15) is 18.4 Å². The van der Waals surface area contributed by atoms with Gasteiger partial charge in [0.25, 0.3) is 5.56 Å². The number of rotatable bonds is 4. The largest absolute Gasteiger partial charge is 0.372 e. The van der Waals surface area contributed by atoms with E-state index in [2.05, 4.69) is 0 Å². The molecule has 0 fully saturated rings. The molecule has 0 radical (unpaired) electrons. The second-order valence-corrected chi connectivity index (χ2v) is 8.12. The minimum atomic E-state index is -0.899. The van der Waals surface area contributed by atoms with E-state index in [0.29, 0.717) is 28.6 Å². The molecule has 0 saturated carbocycles. The Morgan fingerprint density at radius 1 is 1.03 bits per heavy atom. The Hall–Kier alpha value is -3.22. The van der Waals surface area contributed by atoms with Crippen molar-refractivity contribution in [1.29, 1.82) is 0 Å². The van der Waals surface area contributed by atoms with Crippen LogP contribution in [-0.2, 0) is 6.42 Å². The second kappa shape index (κ2) is 8.49. The van der Waals surface area contributed by atoms with Gasteiger partial charge in [0.1, 0.15) is 17.4 Å². The summed E-state index contributed by atoms with van der Waals surface area (Å²) < 4.78 is 33.9. The van der Waals surface area contributed by atoms with Crippen molar-refractivity contribution in [3.63, 3.8) is 0 Å². The molecule has 7 heteroatoms. The maximum atomic E-state index is 14.4. The van der Waals surface area contributed by atoms with Crippen LogP contribution < -0.4 is 10.5 Å². The smallest absolute Gasteiger partial charge is 0.365 e. The summed E-state index contributed by atoms with van der Waals surface area (Å²) >= 11 is 0. The van der Waals surface area contributed by atoms with Gasteiger partial charge in [-0.3, -0.25) is 9.69 Å². The van der Waals surface area contributed by atoms with E-state index in [1.54, 1.807) is 20.8 Å². The molecule has 0 aliphatic carbocycles. The number of hydrogen-bond donors (Lipinski definition) is 0. The molecule has 1 amide bonds. The summed E-state index contributed by atoms with van der Waals surface area (Å²) in [6.45, 7) is 10.9. The molecule has 0 aliphatic heterocycles. The molecule has 0 spiro atoms. The first kappa shape index (κ1) is 22.5. The second-order valence-electron chi connectivity index (χ2n) is 8.12. The van der Waals surface area contributed by atoms with Crippen molar-refractivity contribution in [2.24, 2.45) is 0 Å². The van der Waals surface area contributed by atoms with Crippen molar-refractivity contribution >= 4 is 11.7 Å². The molecule has 31 heavy (non-hydrogen) atoms. The molecule has 0 N–H and O–H groups in total. The van der Waals surface area contributed by atoms with Gasteiger partial charge in [0.05, 0.1) is 11.3 Å². The lowest BCUT2D eigenvalue weighted by Crippen LogP contribution is -2.43. The summed E-state index contributed by atoms with van der Waals surface area (Å²) in [6.07, 6.45) is 0.318. The zero-order chi connectivity index (χ0) is 23.0. The topological polar surface area (TPSA) is 55.5 Å². The molecule has 0 bridgehead atoms. The summed E-state index contributed by atoms with van der Waals surface area (Å²) in [7, 11) is 0. The van der Waals surface area contributed by atoms with Crippen LogP contribution in [0.25, 0.3) is 0 Å². The van der Waals surface area contributed by atoms with E-state index >= 15 is 0 Å². The minimum Gasteiger partial charge on any atom is -0.372 e. The number of nitrogens with zero attached hydrogens (tertiary/aromatic N) is 2. The van der Waals surface area contributed by atoms with Crippen LogP contribution in [0.3, 0.4) is 0 Å². The fourth-order valence-corrected chi connectivity index (χ4v) is 3.87. The van der Waals surface area contributed by atoms with Gasteiger partial charge in [-0.1, -0.05) is 22.4 Å². The lowest BCUT2D eigenvalue weighted by atomic mass is 9.94. The van der Waals surface area contributed by atoms with Crippen LogP contribution >= 0.6 is 0 Å². The number of carbonyl (C=O) groups excluding carboxylic acids is 1. The van der Waals surface area contributed by atoms with Crippen molar-refractivity contribution in [2.75, 3.05) is 4.90 Å². The monoisotopic (exact) mass is 428 g/mol. The van der Waals surface area contributed by atoms with Gasteiger partial charge in [-0.25, -0.2) is 13.6 Å². The summed E-state index contributed by atoms with van der Waals surface area (Å²) in [5, 5.41) is 0. The number of carbonyl (C=O) groups is 1. The first-order valence-corrected chi connectivity index (χ1v) is 10.1. The molecule has 0 unspecified atom stereocenters. The minimum absolute atomic E-state index is 0.130. The number of amides is 1. The van der Waals surface area contributed by atoms with Gasteiger partial charge in [0, 0.05) is 18.5 Å². The molecule has 0 atom stereocenters. The van der Waals surface area contributed by atoms with Crippen molar-refractivity contribution in [3.8, 4) is 0 Å². The lowest BCUT2D eigenvalue weighted by molar-refractivity contribution is 0.210. The fraction of sp³-hybridized carbons (Fsp3) is 0.333. The molecule has 3 aromatic rings. The highest BCUT2D eigenvalue weighted by atomic mass is 19.1. The van der Waals surface area contributed by atoms with Crippen LogP contribution in [0, 0.1) is 39.3 Å². The molecule has 0 saturated heterocycles. The standard InChI is InChI=1S/C24H26F2N2O3/c1-13(2)27(22-8-7-18(25)11-21(22)26)24(30)28-23(29)20(17(6)31-28)12-19-15(4)9-14(3)10-16(19)5/h7-11,13H,12H2,1-6H3. The average Bonchev–Trinajstić information content (AvgIpc) is 2.94. The summed E-state index contributed by atoms with van der Waals surface area (Å²) in [4.78, 5) is 27.3. The van der Waals surface area contributed by atoms with Crippen LogP contribution in [0.15, 0.2) is 39.6 Å². The Morgan fingerprint density at radius 3 is 2.19 bits per heavy atom. The van der Waals surface area contributed by atoms with E-state index in [1.807, 2.05) is 32.9 Å². The number of hydrogen-bond acceptors (Lipinski definition) is 3. The number of benzene rings is 2. The quantitative estimate of drug-likeness (QED) is 0.557. The van der Waals surface area contributed by atoms with Crippen molar-refractivity contribution in [1.82, 2.24) is 4.74 Å². The zero-order valence-electron chi connectivity index (χ0n) is 18.5. The van der Waals surface area contributed by atoms with Crippen molar-refractivity contribution < 1.29 is 18.1 Å². The predicted molar refractivity (Wildman–Crippen MR) is 116 cm³/mol. The van der Waals surface area contributed by atoms with E-state index in [4.69, 9.17) is 4.52 Å². The van der Waals surface area contributed by atoms with Gasteiger partial charge in [-0.15, -0.1) is 0 Å². The third kappa shape index (κ3) is 4.31. The van der Waals surface area contributed by atoms with Crippen molar-refractivity contribution in [3.05, 3.63) is 85.9 Å². The van der Waals surface area contributed by atoms with Gasteiger partial charge in [-0.2, -0.15) is 0 Å². The summed E-state index contributed by atoms with van der Waals surface area (Å²) in [5.41, 5.74) is 3.87. The Kier molecular flexibility index (Phi) is 6.15. The number of halogens is 2. The van der Waals surface area contributed by atoms with Gasteiger partial charge in [0.2, 0.25) is 0 Å². The fourth-order valence-electron chi connectivity index (χ4n) is 3.87. The molecule has 2 aromatic carbocycles. The van der Waals surface area contributed by atoms with Crippen LogP contribution in [-0.4, -0.2) is 16.8 Å². The molecule has 5 nitrogen and oxygen atoms in total. The molecule has 164 valence electrons. The first-order chi connectivity index (χ1) is 14.5. The van der Waals surface area contributed by atoms with Crippen molar-refractivity contribution in [2.45, 2.75) is 54.0 Å². The zero-order valence-corrected chi connectivity index (χ0v) is 18.5. The van der Waals surface area contributed by atoms with Gasteiger partial charge in [-0.05, 0) is 70.4 Å². The number of aromatic nitrogens is 1. The average molecular weight is 428 g/mol. The van der Waals surface area contributed by atoms with Crippen LogP contribution in [0.1, 0.15) is 47.4 Å². The maximum absolute atomic E-state index is 14.4. The van der Waals surface area contributed by atoms with Gasteiger partial charge >= 0.3 is 6.03 Å². The highest BCUT2D eigenvalue weighted by Gasteiger charge is 2.29. The first-order valence-electron chi connectivity index (χ1n) is 10.1. The third-order valence-corrected chi connectivity index (χ3v) is 5.36. The Balaban J connectivity index is 2.04. The van der Waals surface area contributed by atoms with E-state index in [-0.39, 0.29) is 5.69 Å². The van der Waals surface area contributed by atoms with E-state index < -0.39 is 29.3 Å². The number of aryl methyl sites for hydroxylation is 4. The number of anilines is 1. The molecular formula is C24H26F2N2O3. The molecule has 0 aliphatic rings. The Bertz CT molecular complexity index is 1190. The maximum Gasteiger partial charge on any atom is 0.365 e. The third-order valence-electron chi connectivity index (χ3n) is 5.36. The highest BCUT2D eigenvalue weighted by Crippen LogP contribution is 2.24. The Morgan fingerprint density at radius 2 is 1.65 bits per heavy atom. The highest BCUT2D eigenvalue weighted by molar-refractivity contribution is 5.93. The normalized spacial score (nSPS) is 11.3.